The third-order valence-corrected chi connectivity index (χ3v) is 4.43. The maximum absolute atomic E-state index is 10.9. The standard InChI is InChI=1S/C12H25N3O2S2/c1-12(2,3)8-10-9-14-11(18-10)13-6-5-7-15-19(4,16)17/h10,15H,5-9H2,1-4H3,(H,13,14). The minimum Gasteiger partial charge on any atom is -0.365 e. The van der Waals surface area contributed by atoms with E-state index in [0.717, 1.165) is 31.1 Å². The minimum absolute atomic E-state index is 0.335. The lowest BCUT2D eigenvalue weighted by atomic mass is 9.90. The van der Waals surface area contributed by atoms with E-state index in [-0.39, 0.29) is 0 Å². The van der Waals surface area contributed by atoms with Gasteiger partial charge in [-0.15, -0.1) is 0 Å². The average molecular weight is 307 g/mol. The Kier molecular flexibility index (Phi) is 6.14. The Morgan fingerprint density at radius 3 is 2.63 bits per heavy atom. The number of hydrogen-bond donors (Lipinski definition) is 2. The van der Waals surface area contributed by atoms with Crippen LogP contribution in [0.4, 0.5) is 0 Å². The fourth-order valence-corrected chi connectivity index (χ4v) is 3.74. The van der Waals surface area contributed by atoms with Crippen molar-refractivity contribution in [2.24, 2.45) is 10.4 Å². The molecule has 0 aromatic heterocycles. The summed E-state index contributed by atoms with van der Waals surface area (Å²) in [5.41, 5.74) is 0.335. The molecule has 1 rings (SSSR count). The lowest BCUT2D eigenvalue weighted by Crippen LogP contribution is -2.28. The molecule has 0 bridgehead atoms. The molecule has 0 spiro atoms. The predicted octanol–water partition coefficient (Wildman–Crippen LogP) is 1.42. The van der Waals surface area contributed by atoms with Crippen LogP contribution in [0.2, 0.25) is 0 Å². The van der Waals surface area contributed by atoms with Gasteiger partial charge in [0.25, 0.3) is 0 Å². The number of aliphatic imine (C=N–C) groups is 1. The predicted molar refractivity (Wildman–Crippen MR) is 83.2 cm³/mol. The van der Waals surface area contributed by atoms with Crippen LogP contribution in [0.25, 0.3) is 0 Å². The molecule has 1 unspecified atom stereocenters. The normalized spacial score (nSPS) is 20.4. The van der Waals surface area contributed by atoms with Crippen molar-refractivity contribution in [1.29, 1.82) is 0 Å². The summed E-state index contributed by atoms with van der Waals surface area (Å²) in [6, 6.07) is 0. The molecule has 7 heteroatoms. The van der Waals surface area contributed by atoms with E-state index in [0.29, 0.717) is 17.2 Å². The Labute approximate surface area is 121 Å². The number of amidine groups is 1. The molecule has 5 nitrogen and oxygen atoms in total. The molecular weight excluding hydrogens is 282 g/mol. The van der Waals surface area contributed by atoms with Gasteiger partial charge in [-0.1, -0.05) is 32.5 Å². The molecule has 112 valence electrons. The molecule has 0 aliphatic carbocycles. The van der Waals surface area contributed by atoms with Crippen molar-refractivity contribution < 1.29 is 8.42 Å². The molecule has 0 aromatic carbocycles. The molecule has 19 heavy (non-hydrogen) atoms. The number of sulfonamides is 1. The van der Waals surface area contributed by atoms with Crippen LogP contribution in [0.1, 0.15) is 33.6 Å². The van der Waals surface area contributed by atoms with Crippen LogP contribution in [0, 0.1) is 5.41 Å². The van der Waals surface area contributed by atoms with E-state index in [2.05, 4.69) is 35.8 Å². The van der Waals surface area contributed by atoms with Gasteiger partial charge in [-0.05, 0) is 18.3 Å². The molecule has 0 aromatic rings. The number of thioether (sulfide) groups is 1. The fraction of sp³-hybridized carbons (Fsp3) is 0.917. The van der Waals surface area contributed by atoms with Gasteiger partial charge in [0.1, 0.15) is 0 Å². The van der Waals surface area contributed by atoms with Gasteiger partial charge in [0.05, 0.1) is 12.8 Å². The van der Waals surface area contributed by atoms with Crippen molar-refractivity contribution in [2.45, 2.75) is 38.9 Å². The third kappa shape index (κ3) is 8.49. The maximum Gasteiger partial charge on any atom is 0.208 e. The molecule has 0 saturated carbocycles. The van der Waals surface area contributed by atoms with Gasteiger partial charge in [0.15, 0.2) is 5.17 Å². The van der Waals surface area contributed by atoms with Crippen LogP contribution in [-0.4, -0.2) is 44.7 Å². The van der Waals surface area contributed by atoms with E-state index in [1.807, 2.05) is 0 Å². The number of hydrogen-bond acceptors (Lipinski definition) is 5. The topological polar surface area (TPSA) is 70.6 Å². The zero-order chi connectivity index (χ0) is 14.5. The highest BCUT2D eigenvalue weighted by atomic mass is 32.2. The van der Waals surface area contributed by atoms with Crippen molar-refractivity contribution in [2.75, 3.05) is 25.9 Å². The molecule has 1 heterocycles. The molecule has 2 N–H and O–H groups in total. The van der Waals surface area contributed by atoms with Crippen molar-refractivity contribution in [3.05, 3.63) is 0 Å². The summed E-state index contributed by atoms with van der Waals surface area (Å²) in [5, 5.41) is 4.82. The van der Waals surface area contributed by atoms with E-state index in [1.54, 1.807) is 11.8 Å². The first-order valence-electron chi connectivity index (χ1n) is 6.55. The lowest BCUT2D eigenvalue weighted by molar-refractivity contribution is 0.375. The summed E-state index contributed by atoms with van der Waals surface area (Å²) in [6.45, 7) is 8.83. The number of nitrogens with one attached hydrogen (secondary N) is 2. The summed E-state index contributed by atoms with van der Waals surface area (Å²) in [4.78, 5) is 4.48. The molecule has 0 amide bonds. The van der Waals surface area contributed by atoms with Crippen LogP contribution < -0.4 is 10.0 Å². The summed E-state index contributed by atoms with van der Waals surface area (Å²) in [6.07, 6.45) is 3.09. The van der Waals surface area contributed by atoms with Gasteiger partial charge < -0.3 is 5.32 Å². The lowest BCUT2D eigenvalue weighted by Gasteiger charge is -2.21. The van der Waals surface area contributed by atoms with Gasteiger partial charge in [0, 0.05) is 18.3 Å². The molecule has 0 saturated heterocycles. The van der Waals surface area contributed by atoms with Gasteiger partial charge >= 0.3 is 0 Å². The van der Waals surface area contributed by atoms with Gasteiger partial charge in [-0.2, -0.15) is 0 Å². The Balaban J connectivity index is 2.12. The highest BCUT2D eigenvalue weighted by molar-refractivity contribution is 8.14. The first-order valence-corrected chi connectivity index (χ1v) is 9.32. The Morgan fingerprint density at radius 2 is 2.05 bits per heavy atom. The van der Waals surface area contributed by atoms with Crippen LogP contribution >= 0.6 is 11.8 Å². The highest BCUT2D eigenvalue weighted by Crippen LogP contribution is 2.31. The second-order valence-corrected chi connectivity index (χ2v) is 9.22. The minimum atomic E-state index is -3.07. The number of nitrogens with zero attached hydrogens (tertiary/aromatic N) is 1. The zero-order valence-electron chi connectivity index (χ0n) is 12.2. The van der Waals surface area contributed by atoms with Crippen LogP contribution in [0.5, 0.6) is 0 Å². The van der Waals surface area contributed by atoms with Crippen molar-refractivity contribution >= 4 is 27.0 Å². The molecule has 0 radical (unpaired) electrons. The second-order valence-electron chi connectivity index (χ2n) is 6.10. The molecule has 1 aliphatic rings. The highest BCUT2D eigenvalue weighted by Gasteiger charge is 2.24. The summed E-state index contributed by atoms with van der Waals surface area (Å²) in [5.74, 6) is 0. The molecule has 0 fully saturated rings. The molecular formula is C12H25N3O2S2. The Morgan fingerprint density at radius 1 is 1.37 bits per heavy atom. The van der Waals surface area contributed by atoms with Crippen LogP contribution in [0.15, 0.2) is 4.99 Å². The van der Waals surface area contributed by atoms with E-state index >= 15 is 0 Å². The smallest absolute Gasteiger partial charge is 0.208 e. The van der Waals surface area contributed by atoms with Crippen molar-refractivity contribution in [3.8, 4) is 0 Å². The van der Waals surface area contributed by atoms with E-state index in [4.69, 9.17) is 0 Å². The van der Waals surface area contributed by atoms with Crippen molar-refractivity contribution in [1.82, 2.24) is 10.0 Å². The maximum atomic E-state index is 10.9. The largest absolute Gasteiger partial charge is 0.365 e. The summed E-state index contributed by atoms with van der Waals surface area (Å²) < 4.78 is 24.2. The van der Waals surface area contributed by atoms with Crippen LogP contribution in [0.3, 0.4) is 0 Å². The van der Waals surface area contributed by atoms with Gasteiger partial charge in [0.2, 0.25) is 10.0 Å². The monoisotopic (exact) mass is 307 g/mol. The fourth-order valence-electron chi connectivity index (χ4n) is 1.85. The third-order valence-electron chi connectivity index (χ3n) is 2.55. The van der Waals surface area contributed by atoms with Gasteiger partial charge in [-0.25, -0.2) is 13.1 Å². The molecule has 1 atom stereocenters. The summed E-state index contributed by atoms with van der Waals surface area (Å²) in [7, 11) is -3.07. The summed E-state index contributed by atoms with van der Waals surface area (Å²) >= 11 is 1.80. The Hall–Kier alpha value is -0.270. The average Bonchev–Trinajstić information content (AvgIpc) is 2.60. The molecule has 1 aliphatic heterocycles. The Bertz CT molecular complexity index is 413. The van der Waals surface area contributed by atoms with Crippen molar-refractivity contribution in [3.63, 3.8) is 0 Å². The first kappa shape index (κ1) is 16.8. The quantitative estimate of drug-likeness (QED) is 0.728. The van der Waals surface area contributed by atoms with E-state index in [1.165, 1.54) is 6.26 Å². The second kappa shape index (κ2) is 6.95. The van der Waals surface area contributed by atoms with Gasteiger partial charge in [-0.3, -0.25) is 4.99 Å². The first-order chi connectivity index (χ1) is 8.66. The van der Waals surface area contributed by atoms with E-state index in [9.17, 15) is 8.42 Å². The number of rotatable bonds is 6. The van der Waals surface area contributed by atoms with E-state index < -0.39 is 10.0 Å². The zero-order valence-corrected chi connectivity index (χ0v) is 13.8. The van der Waals surface area contributed by atoms with Crippen LogP contribution in [-0.2, 0) is 10.0 Å². The SMILES string of the molecule is CC(C)(C)CC1CN=C(NCCCNS(C)(=O)=O)S1.